The van der Waals surface area contributed by atoms with E-state index in [0.717, 1.165) is 55.6 Å². The minimum atomic E-state index is -1.18. The second kappa shape index (κ2) is 11.6. The number of likely N-dealkylation sites (tertiary alicyclic amines) is 1. The highest BCUT2D eigenvalue weighted by Crippen LogP contribution is 2.67. The number of hydrogen-bond acceptors (Lipinski definition) is 7. The predicted octanol–water partition coefficient (Wildman–Crippen LogP) is 2.87. The fourth-order valence-corrected chi connectivity index (χ4v) is 9.27. The number of aliphatic carboxylic acids is 1. The highest BCUT2D eigenvalue weighted by Gasteiger charge is 2.63. The molecule has 4 fully saturated rings. The Bertz CT molecular complexity index is 1260. The van der Waals surface area contributed by atoms with Crippen molar-refractivity contribution in [1.82, 2.24) is 10.2 Å². The molecular formula is C33H47N3O7. The molecule has 4 N–H and O–H groups in total. The average Bonchev–Trinajstić information content (AvgIpc) is 3.48. The Labute approximate surface area is 254 Å². The van der Waals surface area contributed by atoms with Gasteiger partial charge >= 0.3 is 5.97 Å². The first-order valence-electron chi connectivity index (χ1n) is 15.8. The van der Waals surface area contributed by atoms with Crippen molar-refractivity contribution in [1.29, 1.82) is 0 Å². The molecule has 1 saturated heterocycles. The van der Waals surface area contributed by atoms with Crippen LogP contribution in [0.1, 0.15) is 85.5 Å². The Morgan fingerprint density at radius 1 is 1.16 bits per heavy atom. The molecule has 1 heterocycles. The summed E-state index contributed by atoms with van der Waals surface area (Å²) in [4.78, 5) is 44.0. The van der Waals surface area contributed by atoms with Crippen molar-refractivity contribution in [3.63, 3.8) is 0 Å². The Balaban J connectivity index is 1.19. The SMILES string of the molecule is C#C[C@@]1(O)CC[C@@H]2[C@@H]3CCC4=C/C(=N/OCC(=O)N[C@@H](C(=O)N5C[C@@H](O)C[C@@H]5C(=O)O)C(C)C)CC[C@]4(C)[C@@H]3CC[C@@]21C. The number of aliphatic hydroxyl groups is 2. The molecule has 9 atom stereocenters. The van der Waals surface area contributed by atoms with Crippen LogP contribution >= 0.6 is 0 Å². The van der Waals surface area contributed by atoms with E-state index in [2.05, 4.69) is 36.3 Å². The van der Waals surface area contributed by atoms with Crippen LogP contribution in [0.15, 0.2) is 16.8 Å². The molecule has 0 unspecified atom stereocenters. The molecule has 2 amide bonds. The first-order chi connectivity index (χ1) is 20.2. The number of terminal acetylenes is 1. The molecule has 3 saturated carbocycles. The second-order valence-electron chi connectivity index (χ2n) is 14.4. The number of β-amino-alcohol motifs (C(OH)–C–C–N with tert-alkyl or cyclic N) is 1. The van der Waals surface area contributed by atoms with Gasteiger partial charge < -0.3 is 30.4 Å². The van der Waals surface area contributed by atoms with Crippen molar-refractivity contribution in [2.75, 3.05) is 13.2 Å². The molecule has 236 valence electrons. The summed E-state index contributed by atoms with van der Waals surface area (Å²) in [5.74, 6) is 1.75. The molecule has 5 rings (SSSR count). The van der Waals surface area contributed by atoms with Gasteiger partial charge in [-0.1, -0.05) is 44.3 Å². The quantitative estimate of drug-likeness (QED) is 0.261. The largest absolute Gasteiger partial charge is 0.480 e. The molecule has 0 spiro atoms. The van der Waals surface area contributed by atoms with E-state index in [0.29, 0.717) is 24.2 Å². The Kier molecular flexibility index (Phi) is 8.47. The highest BCUT2D eigenvalue weighted by atomic mass is 16.6. The number of rotatable bonds is 7. The molecule has 1 aliphatic heterocycles. The topological polar surface area (TPSA) is 149 Å². The van der Waals surface area contributed by atoms with Crippen molar-refractivity contribution in [2.45, 2.75) is 109 Å². The van der Waals surface area contributed by atoms with E-state index in [-0.39, 0.29) is 36.3 Å². The van der Waals surface area contributed by atoms with Crippen LogP contribution < -0.4 is 5.32 Å². The third-order valence-corrected chi connectivity index (χ3v) is 11.8. The van der Waals surface area contributed by atoms with E-state index in [1.54, 1.807) is 13.8 Å². The Morgan fingerprint density at radius 2 is 1.88 bits per heavy atom. The van der Waals surface area contributed by atoms with Gasteiger partial charge in [-0.15, -0.1) is 6.42 Å². The molecule has 0 bridgehead atoms. The number of fused-ring (bicyclic) bond motifs is 5. The van der Waals surface area contributed by atoms with Crippen molar-refractivity contribution < 1.29 is 34.5 Å². The monoisotopic (exact) mass is 597 g/mol. The Morgan fingerprint density at radius 3 is 2.56 bits per heavy atom. The molecule has 0 aromatic rings. The predicted molar refractivity (Wildman–Crippen MR) is 159 cm³/mol. The summed E-state index contributed by atoms with van der Waals surface area (Å²) >= 11 is 0. The van der Waals surface area contributed by atoms with E-state index in [1.165, 1.54) is 5.57 Å². The molecule has 5 aliphatic rings. The number of oxime groups is 1. The number of hydrogen-bond donors (Lipinski definition) is 4. The number of carbonyl (C=O) groups excluding carboxylic acids is 2. The molecular weight excluding hydrogens is 550 g/mol. The zero-order valence-electron chi connectivity index (χ0n) is 25.8. The van der Waals surface area contributed by atoms with E-state index >= 15 is 0 Å². The van der Waals surface area contributed by atoms with Crippen LogP contribution in [0.5, 0.6) is 0 Å². The number of carboxylic acid groups (broad SMARTS) is 1. The minimum Gasteiger partial charge on any atom is -0.480 e. The van der Waals surface area contributed by atoms with Crippen molar-refractivity contribution in [3.8, 4) is 12.3 Å². The summed E-state index contributed by atoms with van der Waals surface area (Å²) in [7, 11) is 0. The van der Waals surface area contributed by atoms with Gasteiger partial charge in [0.1, 0.15) is 17.7 Å². The molecule has 0 aromatic heterocycles. The fraction of sp³-hybridized carbons (Fsp3) is 0.758. The van der Waals surface area contributed by atoms with Crippen LogP contribution in [0.3, 0.4) is 0 Å². The van der Waals surface area contributed by atoms with E-state index in [9.17, 15) is 29.7 Å². The van der Waals surface area contributed by atoms with Gasteiger partial charge in [-0.3, -0.25) is 9.59 Å². The maximum absolute atomic E-state index is 13.1. The van der Waals surface area contributed by atoms with Crippen molar-refractivity contribution in [3.05, 3.63) is 11.6 Å². The van der Waals surface area contributed by atoms with Crippen LogP contribution in [-0.4, -0.2) is 80.7 Å². The number of amides is 2. The first kappa shape index (κ1) is 31.5. The van der Waals surface area contributed by atoms with Crippen molar-refractivity contribution >= 4 is 23.5 Å². The van der Waals surface area contributed by atoms with E-state index in [4.69, 9.17) is 11.3 Å². The summed E-state index contributed by atoms with van der Waals surface area (Å²) in [6.07, 6.45) is 14.4. The summed E-state index contributed by atoms with van der Waals surface area (Å²) in [5, 5.41) is 37.6. The molecule has 43 heavy (non-hydrogen) atoms. The summed E-state index contributed by atoms with van der Waals surface area (Å²) < 4.78 is 0. The van der Waals surface area contributed by atoms with Gasteiger partial charge in [-0.05, 0) is 86.5 Å². The van der Waals surface area contributed by atoms with Crippen LogP contribution in [0.4, 0.5) is 0 Å². The van der Waals surface area contributed by atoms with Crippen LogP contribution in [0, 0.1) is 46.8 Å². The standard InChI is InChI=1S/C33H47N3O7/c1-6-33(42)14-11-25-23-8-7-20-15-21(9-12-31(20,4)24(23)10-13-32(25,33)5)35-43-18-27(38)34-28(19(2)3)29(39)36-17-22(37)16-26(36)30(40)41/h1,15,19,22-26,28,37,42H,7-14,16-18H2,2-5H3,(H,34,38)(H,40,41)/b35-21+/t22-,23+,24+,25+,26+,28+,31-,32-,33+/m0/s1. The first-order valence-corrected chi connectivity index (χ1v) is 15.8. The van der Waals surface area contributed by atoms with Gasteiger partial charge in [-0.25, -0.2) is 4.79 Å². The van der Waals surface area contributed by atoms with Gasteiger partial charge in [0.05, 0.1) is 11.8 Å². The van der Waals surface area contributed by atoms with Gasteiger partial charge in [-0.2, -0.15) is 0 Å². The molecule has 10 nitrogen and oxygen atoms in total. The number of carboxylic acids is 1. The second-order valence-corrected chi connectivity index (χ2v) is 14.4. The average molecular weight is 598 g/mol. The molecule has 4 aliphatic carbocycles. The zero-order chi connectivity index (χ0) is 31.3. The smallest absolute Gasteiger partial charge is 0.326 e. The zero-order valence-corrected chi connectivity index (χ0v) is 25.8. The Hall–Kier alpha value is -2.90. The summed E-state index contributed by atoms with van der Waals surface area (Å²) in [5.41, 5.74) is 1.03. The van der Waals surface area contributed by atoms with Gasteiger partial charge in [0, 0.05) is 18.4 Å². The third kappa shape index (κ3) is 5.37. The molecule has 10 heteroatoms. The summed E-state index contributed by atoms with van der Waals surface area (Å²) in [6.45, 7) is 7.66. The lowest BCUT2D eigenvalue weighted by atomic mass is 9.46. The van der Waals surface area contributed by atoms with Gasteiger partial charge in [0.15, 0.2) is 6.61 Å². The minimum absolute atomic E-state index is 0.0362. The third-order valence-electron chi connectivity index (χ3n) is 11.8. The lowest BCUT2D eigenvalue weighted by Gasteiger charge is -2.58. The normalized spacial score (nSPS) is 40.1. The number of allylic oxidation sites excluding steroid dienone is 2. The van der Waals surface area contributed by atoms with Gasteiger partial charge in [0.25, 0.3) is 5.91 Å². The summed E-state index contributed by atoms with van der Waals surface area (Å²) in [6, 6.07) is -2.07. The number of carbonyl (C=O) groups is 3. The van der Waals surface area contributed by atoms with Gasteiger partial charge in [0.2, 0.25) is 5.91 Å². The van der Waals surface area contributed by atoms with E-state index in [1.807, 2.05) is 0 Å². The maximum atomic E-state index is 13.1. The lowest BCUT2D eigenvalue weighted by molar-refractivity contribution is -0.150. The lowest BCUT2D eigenvalue weighted by Crippen LogP contribution is -2.54. The number of nitrogens with one attached hydrogen (secondary N) is 1. The fourth-order valence-electron chi connectivity index (χ4n) is 9.27. The molecule has 0 radical (unpaired) electrons. The van der Waals surface area contributed by atoms with Crippen LogP contribution in [-0.2, 0) is 19.2 Å². The van der Waals surface area contributed by atoms with E-state index < -0.39 is 41.6 Å². The number of aliphatic hydroxyl groups excluding tert-OH is 1. The molecule has 0 aromatic carbocycles. The van der Waals surface area contributed by atoms with Crippen molar-refractivity contribution in [2.24, 2.45) is 39.7 Å². The van der Waals surface area contributed by atoms with Crippen LogP contribution in [0.25, 0.3) is 0 Å². The highest BCUT2D eigenvalue weighted by molar-refractivity contribution is 5.96. The number of nitrogens with zero attached hydrogens (tertiary/aromatic N) is 2. The van der Waals surface area contributed by atoms with Crippen LogP contribution in [0.2, 0.25) is 0 Å². The maximum Gasteiger partial charge on any atom is 0.326 e.